The quantitative estimate of drug-likeness (QED) is 0.146. The van der Waals surface area contributed by atoms with Crippen molar-refractivity contribution in [2.45, 2.75) is 56.3 Å². The van der Waals surface area contributed by atoms with Gasteiger partial charge in [-0.25, -0.2) is 9.78 Å². The Morgan fingerprint density at radius 2 is 1.88 bits per heavy atom. The molecule has 9 N–H and O–H groups in total. The number of nitrogens with zero attached hydrogens (tertiary/aromatic N) is 2. The number of carboxylic acids is 1. The van der Waals surface area contributed by atoms with Crippen molar-refractivity contribution < 1.29 is 29.1 Å². The van der Waals surface area contributed by atoms with Crippen LogP contribution in [0.1, 0.15) is 30.5 Å². The third-order valence-electron chi connectivity index (χ3n) is 6.90. The van der Waals surface area contributed by atoms with Gasteiger partial charge in [-0.1, -0.05) is 18.2 Å². The number of carbonyl (C=O) groups excluding carboxylic acids is 4. The molecule has 0 saturated carbocycles. The van der Waals surface area contributed by atoms with Crippen LogP contribution < -0.4 is 22.1 Å². The predicted molar refractivity (Wildman–Crippen MR) is 142 cm³/mol. The fourth-order valence-electron chi connectivity index (χ4n) is 4.91. The zero-order chi connectivity index (χ0) is 28.8. The number of aromatic nitrogens is 3. The maximum atomic E-state index is 13.4. The van der Waals surface area contributed by atoms with Crippen molar-refractivity contribution in [2.24, 2.45) is 11.5 Å². The van der Waals surface area contributed by atoms with E-state index in [4.69, 9.17) is 11.5 Å². The van der Waals surface area contributed by atoms with Gasteiger partial charge in [-0.2, -0.15) is 0 Å². The van der Waals surface area contributed by atoms with Crippen LogP contribution in [-0.2, 0) is 36.8 Å². The fourth-order valence-corrected chi connectivity index (χ4v) is 4.91. The monoisotopic (exact) mass is 552 g/mol. The molecule has 1 aliphatic rings. The first-order valence-electron chi connectivity index (χ1n) is 12.8. The molecule has 14 heteroatoms. The molecular formula is C26H32N8O6. The Morgan fingerprint density at radius 1 is 1.10 bits per heavy atom. The van der Waals surface area contributed by atoms with Gasteiger partial charge < -0.3 is 42.1 Å². The van der Waals surface area contributed by atoms with Crippen LogP contribution in [0.5, 0.6) is 0 Å². The lowest BCUT2D eigenvalue weighted by atomic mass is 10.0. The number of benzene rings is 1. The third-order valence-corrected chi connectivity index (χ3v) is 6.90. The number of carboxylic acid groups (broad SMARTS) is 1. The van der Waals surface area contributed by atoms with Gasteiger partial charge >= 0.3 is 5.97 Å². The zero-order valence-electron chi connectivity index (χ0n) is 21.6. The van der Waals surface area contributed by atoms with Crippen LogP contribution >= 0.6 is 0 Å². The SMILES string of the molecule is NC(=O)CC(N)C(=O)N1CCCC1C(=O)NC(Cc1cnc[nH]1)C(=O)NC(Cc1c[nH]c2ccccc12)C(=O)O. The number of hydrogen-bond donors (Lipinski definition) is 7. The number of primary amides is 1. The van der Waals surface area contributed by atoms with Gasteiger partial charge in [-0.15, -0.1) is 0 Å². The summed E-state index contributed by atoms with van der Waals surface area (Å²) in [6.45, 7) is 0.256. The number of para-hydroxylation sites is 1. The molecule has 3 heterocycles. The van der Waals surface area contributed by atoms with E-state index in [0.717, 1.165) is 10.9 Å². The van der Waals surface area contributed by atoms with Gasteiger partial charge in [-0.3, -0.25) is 19.2 Å². The molecule has 4 atom stereocenters. The van der Waals surface area contributed by atoms with Crippen molar-refractivity contribution in [1.82, 2.24) is 30.5 Å². The number of H-pyrrole nitrogens is 2. The molecule has 4 unspecified atom stereocenters. The lowest BCUT2D eigenvalue weighted by molar-refractivity contribution is -0.143. The van der Waals surface area contributed by atoms with Crippen LogP contribution in [-0.4, -0.2) is 85.3 Å². The van der Waals surface area contributed by atoms with E-state index in [1.165, 1.54) is 17.4 Å². The summed E-state index contributed by atoms with van der Waals surface area (Å²) in [5, 5.41) is 15.9. The van der Waals surface area contributed by atoms with Crippen LogP contribution in [0.25, 0.3) is 10.9 Å². The van der Waals surface area contributed by atoms with Crippen LogP contribution in [0, 0.1) is 0 Å². The molecule has 0 bridgehead atoms. The smallest absolute Gasteiger partial charge is 0.326 e. The number of carbonyl (C=O) groups is 5. The summed E-state index contributed by atoms with van der Waals surface area (Å²) < 4.78 is 0. The minimum absolute atomic E-state index is 0.00114. The highest BCUT2D eigenvalue weighted by Crippen LogP contribution is 2.21. The van der Waals surface area contributed by atoms with Gasteiger partial charge in [0.05, 0.1) is 18.8 Å². The van der Waals surface area contributed by atoms with E-state index in [-0.39, 0.29) is 25.8 Å². The van der Waals surface area contributed by atoms with E-state index in [1.54, 1.807) is 6.20 Å². The Kier molecular flexibility index (Phi) is 8.79. The van der Waals surface area contributed by atoms with Crippen LogP contribution in [0.3, 0.4) is 0 Å². The summed E-state index contributed by atoms with van der Waals surface area (Å²) in [6, 6.07) is 2.86. The van der Waals surface area contributed by atoms with Crippen LogP contribution in [0.2, 0.25) is 0 Å². The van der Waals surface area contributed by atoms with E-state index in [0.29, 0.717) is 24.1 Å². The van der Waals surface area contributed by atoms with Crippen molar-refractivity contribution in [3.63, 3.8) is 0 Å². The average molecular weight is 553 g/mol. The van der Waals surface area contributed by atoms with Crippen LogP contribution in [0.4, 0.5) is 0 Å². The predicted octanol–water partition coefficient (Wildman–Crippen LogP) is -1.08. The first-order valence-corrected chi connectivity index (χ1v) is 12.8. The first-order chi connectivity index (χ1) is 19.1. The second-order valence-corrected chi connectivity index (χ2v) is 9.77. The highest BCUT2D eigenvalue weighted by Gasteiger charge is 2.38. The van der Waals surface area contributed by atoms with Gasteiger partial charge in [-0.05, 0) is 24.5 Å². The Balaban J connectivity index is 1.49. The lowest BCUT2D eigenvalue weighted by Gasteiger charge is -2.28. The number of likely N-dealkylation sites (tertiary alicyclic amines) is 1. The fraction of sp³-hybridized carbons (Fsp3) is 0.385. The normalized spacial score (nSPS) is 17.2. The molecular weight excluding hydrogens is 520 g/mol. The third kappa shape index (κ3) is 6.64. The zero-order valence-corrected chi connectivity index (χ0v) is 21.6. The number of fused-ring (bicyclic) bond motifs is 1. The summed E-state index contributed by atoms with van der Waals surface area (Å²) in [6.07, 6.45) is 5.11. The van der Waals surface area contributed by atoms with E-state index in [2.05, 4.69) is 25.6 Å². The number of nitrogens with one attached hydrogen (secondary N) is 4. The number of aliphatic carboxylic acids is 1. The number of nitrogens with two attached hydrogens (primary N) is 2. The number of hydrogen-bond acceptors (Lipinski definition) is 7. The van der Waals surface area contributed by atoms with Gasteiger partial charge in [0.25, 0.3) is 0 Å². The molecule has 2 aromatic heterocycles. The molecule has 0 radical (unpaired) electrons. The molecule has 4 amide bonds. The van der Waals surface area contributed by atoms with Crippen molar-refractivity contribution in [2.75, 3.05) is 6.54 Å². The molecule has 0 aliphatic carbocycles. The molecule has 212 valence electrons. The highest BCUT2D eigenvalue weighted by molar-refractivity contribution is 5.95. The second kappa shape index (κ2) is 12.4. The number of rotatable bonds is 12. The molecule has 3 aromatic rings. The summed E-state index contributed by atoms with van der Waals surface area (Å²) in [5.74, 6) is -3.87. The van der Waals surface area contributed by atoms with E-state index < -0.39 is 53.8 Å². The van der Waals surface area contributed by atoms with Crippen molar-refractivity contribution >= 4 is 40.5 Å². The van der Waals surface area contributed by atoms with Gasteiger partial charge in [0.1, 0.15) is 18.1 Å². The number of aromatic amines is 2. The Morgan fingerprint density at radius 3 is 2.58 bits per heavy atom. The average Bonchev–Trinajstić information content (AvgIpc) is 3.68. The van der Waals surface area contributed by atoms with Crippen molar-refractivity contribution in [3.8, 4) is 0 Å². The molecule has 1 fully saturated rings. The summed E-state index contributed by atoms with van der Waals surface area (Å²) >= 11 is 0. The second-order valence-electron chi connectivity index (χ2n) is 9.77. The summed E-state index contributed by atoms with van der Waals surface area (Å²) in [4.78, 5) is 74.0. The standard InChI is InChI=1S/C26H32N8O6/c27-17(10-22(28)35)25(38)34-7-3-6-21(34)24(37)32-19(9-15-12-29-13-31-15)23(36)33-20(26(39)40)8-14-11-30-18-5-2-1-4-16(14)18/h1-2,4-5,11-13,17,19-21,30H,3,6-10,27H2,(H2,28,35)(H,29,31)(H,32,37)(H,33,36)(H,39,40). The molecule has 4 rings (SSSR count). The van der Waals surface area contributed by atoms with Gasteiger partial charge in [0.2, 0.25) is 23.6 Å². The molecule has 40 heavy (non-hydrogen) atoms. The van der Waals surface area contributed by atoms with E-state index >= 15 is 0 Å². The highest BCUT2D eigenvalue weighted by atomic mass is 16.4. The maximum Gasteiger partial charge on any atom is 0.326 e. The maximum absolute atomic E-state index is 13.4. The Labute approximate surface area is 228 Å². The minimum atomic E-state index is -1.27. The van der Waals surface area contributed by atoms with Crippen LogP contribution in [0.15, 0.2) is 43.0 Å². The summed E-state index contributed by atoms with van der Waals surface area (Å²) in [7, 11) is 0. The summed E-state index contributed by atoms with van der Waals surface area (Å²) in [5.41, 5.74) is 13.1. The van der Waals surface area contributed by atoms with E-state index in [9.17, 15) is 29.1 Å². The largest absolute Gasteiger partial charge is 0.480 e. The minimum Gasteiger partial charge on any atom is -0.480 e. The molecule has 0 spiro atoms. The Bertz CT molecular complexity index is 1390. The topological polar surface area (TPSA) is 229 Å². The van der Waals surface area contributed by atoms with Gasteiger partial charge in [0.15, 0.2) is 0 Å². The van der Waals surface area contributed by atoms with Crippen molar-refractivity contribution in [3.05, 3.63) is 54.2 Å². The molecule has 1 aromatic carbocycles. The van der Waals surface area contributed by atoms with Crippen molar-refractivity contribution in [1.29, 1.82) is 0 Å². The molecule has 1 saturated heterocycles. The lowest BCUT2D eigenvalue weighted by Crippen LogP contribution is -2.57. The first kappa shape index (κ1) is 28.3. The van der Waals surface area contributed by atoms with E-state index in [1.807, 2.05) is 24.3 Å². The number of amides is 4. The van der Waals surface area contributed by atoms with Gasteiger partial charge in [0, 0.05) is 48.4 Å². The Hall–Kier alpha value is -4.72. The molecule has 1 aliphatic heterocycles. The molecule has 14 nitrogen and oxygen atoms in total. The number of imidazole rings is 1.